The minimum atomic E-state index is -3.88. The molecule has 0 heterocycles. The van der Waals surface area contributed by atoms with E-state index in [2.05, 4.69) is 10.6 Å². The van der Waals surface area contributed by atoms with E-state index in [1.165, 1.54) is 48.5 Å². The van der Waals surface area contributed by atoms with Crippen molar-refractivity contribution in [2.75, 3.05) is 10.6 Å². The summed E-state index contributed by atoms with van der Waals surface area (Å²) in [5.41, 5.74) is 0.540. The lowest BCUT2D eigenvalue weighted by Crippen LogP contribution is -2.09. The Labute approximate surface area is 176 Å². The quantitative estimate of drug-likeness (QED) is 0.446. The minimum Gasteiger partial charge on any atom is -0.478 e. The number of sulfone groups is 1. The van der Waals surface area contributed by atoms with Crippen molar-refractivity contribution in [2.24, 2.45) is 0 Å². The van der Waals surface area contributed by atoms with Crippen molar-refractivity contribution in [3.63, 3.8) is 0 Å². The SMILES string of the molecule is O=C(O)/C=C\C(=O)Nc1ccc(S(=O)(=O)c2ccc(NC(=O)/C=C/C(=O)O)cc2)cc1. The van der Waals surface area contributed by atoms with Crippen molar-refractivity contribution in [3.8, 4) is 0 Å². The number of carbonyl (C=O) groups is 4. The van der Waals surface area contributed by atoms with Crippen molar-refractivity contribution in [2.45, 2.75) is 9.79 Å². The molecule has 0 saturated carbocycles. The Balaban J connectivity index is 2.11. The van der Waals surface area contributed by atoms with Crippen LogP contribution in [0.25, 0.3) is 0 Å². The van der Waals surface area contributed by atoms with Gasteiger partial charge in [-0.05, 0) is 48.5 Å². The van der Waals surface area contributed by atoms with Crippen LogP contribution in [0.15, 0.2) is 82.6 Å². The zero-order valence-corrected chi connectivity index (χ0v) is 16.5. The highest BCUT2D eigenvalue weighted by Gasteiger charge is 2.17. The molecule has 31 heavy (non-hydrogen) atoms. The summed E-state index contributed by atoms with van der Waals surface area (Å²) >= 11 is 0. The number of benzene rings is 2. The topological polar surface area (TPSA) is 167 Å². The maximum atomic E-state index is 12.7. The average Bonchev–Trinajstić information content (AvgIpc) is 2.71. The molecular weight excluding hydrogens is 428 g/mol. The normalized spacial score (nSPS) is 11.4. The minimum absolute atomic E-state index is 0.0484. The van der Waals surface area contributed by atoms with Crippen LogP contribution in [-0.4, -0.2) is 42.4 Å². The predicted octanol–water partition coefficient (Wildman–Crippen LogP) is 1.68. The Bertz CT molecular complexity index is 1080. The van der Waals surface area contributed by atoms with Gasteiger partial charge in [-0.3, -0.25) is 9.59 Å². The lowest BCUT2D eigenvalue weighted by atomic mass is 10.3. The highest BCUT2D eigenvalue weighted by atomic mass is 32.2. The van der Waals surface area contributed by atoms with Gasteiger partial charge < -0.3 is 20.8 Å². The van der Waals surface area contributed by atoms with Crippen LogP contribution in [0.2, 0.25) is 0 Å². The van der Waals surface area contributed by atoms with Crippen molar-refractivity contribution in [3.05, 3.63) is 72.8 Å². The molecule has 0 aliphatic rings. The molecule has 2 amide bonds. The lowest BCUT2D eigenvalue weighted by Gasteiger charge is -2.08. The highest BCUT2D eigenvalue weighted by molar-refractivity contribution is 7.91. The Morgan fingerprint density at radius 2 is 0.935 bits per heavy atom. The Kier molecular flexibility index (Phi) is 7.42. The fourth-order valence-electron chi connectivity index (χ4n) is 2.23. The van der Waals surface area contributed by atoms with Crippen LogP contribution in [0.4, 0.5) is 11.4 Å². The zero-order chi connectivity index (χ0) is 23.0. The van der Waals surface area contributed by atoms with E-state index in [4.69, 9.17) is 10.2 Å². The third-order valence-electron chi connectivity index (χ3n) is 3.62. The van der Waals surface area contributed by atoms with Gasteiger partial charge in [-0.15, -0.1) is 0 Å². The Morgan fingerprint density at radius 1 is 0.613 bits per heavy atom. The van der Waals surface area contributed by atoms with Crippen LogP contribution >= 0.6 is 0 Å². The van der Waals surface area contributed by atoms with Crippen molar-refractivity contribution >= 4 is 45.0 Å². The first kappa shape index (κ1) is 23.0. The largest absolute Gasteiger partial charge is 0.478 e. The van der Waals surface area contributed by atoms with Crippen molar-refractivity contribution in [1.82, 2.24) is 0 Å². The van der Waals surface area contributed by atoms with Gasteiger partial charge in [-0.1, -0.05) is 0 Å². The third-order valence-corrected chi connectivity index (χ3v) is 5.40. The summed E-state index contributed by atoms with van der Waals surface area (Å²) in [6, 6.07) is 10.5. The van der Waals surface area contributed by atoms with Crippen LogP contribution in [0.1, 0.15) is 0 Å². The molecule has 2 aromatic rings. The first-order chi connectivity index (χ1) is 14.6. The maximum Gasteiger partial charge on any atom is 0.328 e. The van der Waals surface area contributed by atoms with Gasteiger partial charge in [0.15, 0.2) is 0 Å². The Morgan fingerprint density at radius 3 is 1.23 bits per heavy atom. The van der Waals surface area contributed by atoms with Gasteiger partial charge >= 0.3 is 11.9 Å². The number of carbonyl (C=O) groups excluding carboxylic acids is 2. The van der Waals surface area contributed by atoms with Gasteiger partial charge in [0.25, 0.3) is 0 Å². The summed E-state index contributed by atoms with van der Waals surface area (Å²) in [7, 11) is -3.88. The number of anilines is 2. The van der Waals surface area contributed by atoms with E-state index in [9.17, 15) is 27.6 Å². The second kappa shape index (κ2) is 9.98. The van der Waals surface area contributed by atoms with Gasteiger partial charge in [0.1, 0.15) is 0 Å². The molecule has 0 aliphatic heterocycles. The fourth-order valence-corrected chi connectivity index (χ4v) is 3.49. The number of rotatable bonds is 8. The molecule has 0 aliphatic carbocycles. The molecule has 0 radical (unpaired) electrons. The summed E-state index contributed by atoms with van der Waals surface area (Å²) in [5.74, 6) is -3.93. The predicted molar refractivity (Wildman–Crippen MR) is 109 cm³/mol. The molecule has 0 fully saturated rings. The van der Waals surface area contributed by atoms with Gasteiger partial charge in [-0.2, -0.15) is 0 Å². The molecule has 4 N–H and O–H groups in total. The van der Waals surface area contributed by atoms with E-state index in [-0.39, 0.29) is 21.2 Å². The summed E-state index contributed by atoms with van der Waals surface area (Å²) in [6.45, 7) is 0. The molecule has 11 heteroatoms. The number of aliphatic carboxylic acids is 2. The maximum absolute atomic E-state index is 12.7. The molecule has 0 aromatic heterocycles. The smallest absolute Gasteiger partial charge is 0.328 e. The van der Waals surface area contributed by atoms with E-state index in [1.54, 1.807) is 0 Å². The van der Waals surface area contributed by atoms with Crippen LogP contribution in [0.5, 0.6) is 0 Å². The van der Waals surface area contributed by atoms with Crippen LogP contribution in [0.3, 0.4) is 0 Å². The number of carboxylic acid groups (broad SMARTS) is 2. The molecule has 2 rings (SSSR count). The zero-order valence-electron chi connectivity index (χ0n) is 15.7. The van der Waals surface area contributed by atoms with Crippen molar-refractivity contribution in [1.29, 1.82) is 0 Å². The number of nitrogens with one attached hydrogen (secondary N) is 2. The van der Waals surface area contributed by atoms with E-state index >= 15 is 0 Å². The van der Waals surface area contributed by atoms with Gasteiger partial charge in [0.05, 0.1) is 9.79 Å². The summed E-state index contributed by atoms with van der Waals surface area (Å²) in [5, 5.41) is 21.8. The van der Waals surface area contributed by atoms with E-state index in [0.717, 1.165) is 12.2 Å². The number of hydrogen-bond donors (Lipinski definition) is 4. The molecule has 0 bridgehead atoms. The second-order valence-electron chi connectivity index (χ2n) is 5.87. The molecule has 2 aromatic carbocycles. The molecular formula is C20H16N2O8S. The fraction of sp³-hybridized carbons (Fsp3) is 0. The first-order valence-corrected chi connectivity index (χ1v) is 9.95. The van der Waals surface area contributed by atoms with E-state index < -0.39 is 33.6 Å². The average molecular weight is 444 g/mol. The lowest BCUT2D eigenvalue weighted by molar-refractivity contribution is -0.132. The second-order valence-corrected chi connectivity index (χ2v) is 7.82. The van der Waals surface area contributed by atoms with Crippen molar-refractivity contribution < 1.29 is 37.8 Å². The molecule has 0 saturated heterocycles. The molecule has 160 valence electrons. The summed E-state index contributed by atoms with van der Waals surface area (Å²) < 4.78 is 25.5. The van der Waals surface area contributed by atoms with Crippen LogP contribution < -0.4 is 10.6 Å². The molecule has 0 unspecified atom stereocenters. The van der Waals surface area contributed by atoms with Crippen LogP contribution in [-0.2, 0) is 29.0 Å². The summed E-state index contributed by atoms with van der Waals surface area (Å²) in [4.78, 5) is 43.8. The van der Waals surface area contributed by atoms with Gasteiger partial charge in [0.2, 0.25) is 21.7 Å². The number of carboxylic acids is 2. The number of amides is 2. The van der Waals surface area contributed by atoms with E-state index in [0.29, 0.717) is 12.2 Å². The molecule has 10 nitrogen and oxygen atoms in total. The first-order valence-electron chi connectivity index (χ1n) is 8.47. The summed E-state index contributed by atoms with van der Waals surface area (Å²) in [6.07, 6.45) is 2.99. The number of hydrogen-bond acceptors (Lipinski definition) is 6. The molecule has 0 spiro atoms. The Hall–Kier alpha value is -4.25. The van der Waals surface area contributed by atoms with Crippen LogP contribution in [0, 0.1) is 0 Å². The molecule has 0 atom stereocenters. The van der Waals surface area contributed by atoms with Gasteiger partial charge in [0, 0.05) is 35.7 Å². The third kappa shape index (κ3) is 6.94. The standard InChI is InChI=1S/C20H16N2O8S/c23-17(9-11-19(25)26)21-13-1-5-15(6-2-13)31(29,30)16-7-3-14(4-8-16)22-18(24)10-12-20(27)28/h1-12H,(H,21,23)(H,22,24)(H,25,26)(H,27,28)/b11-9-,12-10+. The monoisotopic (exact) mass is 444 g/mol. The highest BCUT2D eigenvalue weighted by Crippen LogP contribution is 2.23. The van der Waals surface area contributed by atoms with E-state index in [1.807, 2.05) is 0 Å². The van der Waals surface area contributed by atoms with Gasteiger partial charge in [-0.25, -0.2) is 18.0 Å².